The molecule has 0 aromatic carbocycles. The highest BCUT2D eigenvalue weighted by Gasteiger charge is 2.44. The molecule has 0 unspecified atom stereocenters. The second kappa shape index (κ2) is 5.21. The van der Waals surface area contributed by atoms with Gasteiger partial charge in [-0.15, -0.1) is 6.58 Å². The Morgan fingerprint density at radius 2 is 1.95 bits per heavy atom. The van der Waals surface area contributed by atoms with Crippen molar-refractivity contribution in [3.05, 3.63) is 24.8 Å². The second-order valence-corrected chi connectivity index (χ2v) is 12.6. The van der Waals surface area contributed by atoms with Gasteiger partial charge in [0.1, 0.15) is 0 Å². The summed E-state index contributed by atoms with van der Waals surface area (Å²) in [5.41, 5.74) is 0. The Labute approximate surface area is 120 Å². The molecule has 0 heterocycles. The summed E-state index contributed by atoms with van der Waals surface area (Å²) in [6.07, 6.45) is 11.0. The number of fused-ring (bicyclic) bond motifs is 1. The highest BCUT2D eigenvalue weighted by molar-refractivity contribution is 6.74. The monoisotopic (exact) mass is 278 g/mol. The Balaban J connectivity index is 2.09. The van der Waals surface area contributed by atoms with Crippen molar-refractivity contribution >= 4 is 8.32 Å². The first-order valence-electron chi connectivity index (χ1n) is 7.71. The zero-order chi connectivity index (χ0) is 14.3. The molecule has 0 radical (unpaired) electrons. The van der Waals surface area contributed by atoms with E-state index < -0.39 is 8.32 Å². The molecule has 1 fully saturated rings. The van der Waals surface area contributed by atoms with Crippen molar-refractivity contribution in [1.29, 1.82) is 0 Å². The summed E-state index contributed by atoms with van der Waals surface area (Å²) >= 11 is 0. The van der Waals surface area contributed by atoms with Crippen LogP contribution in [0.1, 0.15) is 40.0 Å². The van der Waals surface area contributed by atoms with Crippen LogP contribution in [-0.4, -0.2) is 14.4 Å². The van der Waals surface area contributed by atoms with Crippen LogP contribution in [0.5, 0.6) is 0 Å². The lowest BCUT2D eigenvalue weighted by Crippen LogP contribution is -2.46. The summed E-state index contributed by atoms with van der Waals surface area (Å²) < 4.78 is 6.70. The van der Waals surface area contributed by atoms with Crippen LogP contribution in [-0.2, 0) is 4.43 Å². The topological polar surface area (TPSA) is 9.23 Å². The van der Waals surface area contributed by atoms with Crippen LogP contribution in [0.3, 0.4) is 0 Å². The Kier molecular flexibility index (Phi) is 4.13. The SMILES string of the molecule is C=C[C@@H]1C[C@H]2[C@H](C=CC[C@H]2O[Si](C)(C)C(C)(C)C)C1. The molecule has 2 rings (SSSR count). The van der Waals surface area contributed by atoms with Gasteiger partial charge in [-0.25, -0.2) is 0 Å². The molecule has 2 heteroatoms. The van der Waals surface area contributed by atoms with Gasteiger partial charge in [-0.1, -0.05) is 39.0 Å². The second-order valence-electron chi connectivity index (χ2n) is 7.88. The first-order valence-corrected chi connectivity index (χ1v) is 10.6. The third-order valence-electron chi connectivity index (χ3n) is 5.51. The summed E-state index contributed by atoms with van der Waals surface area (Å²) in [4.78, 5) is 0. The summed E-state index contributed by atoms with van der Waals surface area (Å²) in [6, 6.07) is 0. The van der Waals surface area contributed by atoms with Crippen molar-refractivity contribution in [1.82, 2.24) is 0 Å². The first kappa shape index (κ1) is 15.1. The zero-order valence-corrected chi connectivity index (χ0v) is 14.3. The van der Waals surface area contributed by atoms with Crippen LogP contribution < -0.4 is 0 Å². The Bertz CT molecular complexity index is 364. The van der Waals surface area contributed by atoms with E-state index in [1.165, 1.54) is 12.8 Å². The van der Waals surface area contributed by atoms with Crippen molar-refractivity contribution in [3.8, 4) is 0 Å². The molecule has 19 heavy (non-hydrogen) atoms. The van der Waals surface area contributed by atoms with Gasteiger partial charge in [-0.3, -0.25) is 0 Å². The predicted octanol–water partition coefficient (Wildman–Crippen LogP) is 5.17. The fourth-order valence-electron chi connectivity index (χ4n) is 3.24. The van der Waals surface area contributed by atoms with Gasteiger partial charge in [0, 0.05) is 0 Å². The number of hydrogen-bond acceptors (Lipinski definition) is 1. The third-order valence-corrected chi connectivity index (χ3v) is 10.0. The van der Waals surface area contributed by atoms with Crippen molar-refractivity contribution in [2.75, 3.05) is 0 Å². The van der Waals surface area contributed by atoms with E-state index in [1.54, 1.807) is 0 Å². The molecule has 1 nitrogen and oxygen atoms in total. The van der Waals surface area contributed by atoms with Crippen LogP contribution in [0, 0.1) is 17.8 Å². The van der Waals surface area contributed by atoms with Crippen LogP contribution in [0.4, 0.5) is 0 Å². The molecule has 2 aliphatic carbocycles. The van der Waals surface area contributed by atoms with Crippen molar-refractivity contribution in [2.45, 2.75) is 64.3 Å². The van der Waals surface area contributed by atoms with E-state index in [9.17, 15) is 0 Å². The van der Waals surface area contributed by atoms with Gasteiger partial charge in [0.25, 0.3) is 0 Å². The highest BCUT2D eigenvalue weighted by atomic mass is 28.4. The quantitative estimate of drug-likeness (QED) is 0.511. The van der Waals surface area contributed by atoms with Crippen molar-refractivity contribution in [2.24, 2.45) is 17.8 Å². The highest BCUT2D eigenvalue weighted by Crippen LogP contribution is 2.46. The van der Waals surface area contributed by atoms with E-state index in [0.29, 0.717) is 17.1 Å². The van der Waals surface area contributed by atoms with Gasteiger partial charge in [0.2, 0.25) is 0 Å². The molecule has 0 N–H and O–H groups in total. The fourth-order valence-corrected chi connectivity index (χ4v) is 4.62. The fraction of sp³-hybridized carbons (Fsp3) is 0.765. The molecule has 4 atom stereocenters. The van der Waals surface area contributed by atoms with Crippen LogP contribution in [0.15, 0.2) is 24.8 Å². The van der Waals surface area contributed by atoms with Crippen LogP contribution in [0.25, 0.3) is 0 Å². The molecule has 0 aromatic rings. The maximum Gasteiger partial charge on any atom is 0.192 e. The third kappa shape index (κ3) is 3.05. The lowest BCUT2D eigenvalue weighted by Gasteiger charge is -2.42. The van der Waals surface area contributed by atoms with E-state index in [4.69, 9.17) is 4.43 Å². The Hall–Kier alpha value is -0.343. The molecular formula is C17H30OSi. The lowest BCUT2D eigenvalue weighted by molar-refractivity contribution is 0.0999. The van der Waals surface area contributed by atoms with Crippen molar-refractivity contribution in [3.63, 3.8) is 0 Å². The van der Waals surface area contributed by atoms with Gasteiger partial charge in [-0.2, -0.15) is 0 Å². The normalized spacial score (nSPS) is 35.2. The smallest absolute Gasteiger partial charge is 0.192 e. The molecule has 2 aliphatic rings. The minimum absolute atomic E-state index is 0.306. The average molecular weight is 279 g/mol. The number of allylic oxidation sites excluding steroid dienone is 2. The predicted molar refractivity (Wildman–Crippen MR) is 85.7 cm³/mol. The van der Waals surface area contributed by atoms with Gasteiger partial charge in [0.15, 0.2) is 8.32 Å². The molecule has 0 bridgehead atoms. The molecule has 0 saturated heterocycles. The first-order chi connectivity index (χ1) is 8.74. The molecule has 0 amide bonds. The van der Waals surface area contributed by atoms with Crippen LogP contribution in [0.2, 0.25) is 18.1 Å². The Morgan fingerprint density at radius 3 is 2.53 bits per heavy atom. The Morgan fingerprint density at radius 1 is 1.26 bits per heavy atom. The van der Waals surface area contributed by atoms with E-state index in [2.05, 4.69) is 58.7 Å². The molecule has 0 aromatic heterocycles. The zero-order valence-electron chi connectivity index (χ0n) is 13.3. The van der Waals surface area contributed by atoms with Gasteiger partial charge in [-0.05, 0) is 55.1 Å². The summed E-state index contributed by atoms with van der Waals surface area (Å²) in [5.74, 6) is 2.15. The van der Waals surface area contributed by atoms with Gasteiger partial charge < -0.3 is 4.43 Å². The lowest BCUT2D eigenvalue weighted by atomic mass is 9.84. The average Bonchev–Trinajstić information content (AvgIpc) is 2.71. The van der Waals surface area contributed by atoms with Gasteiger partial charge >= 0.3 is 0 Å². The maximum atomic E-state index is 6.70. The molecule has 1 saturated carbocycles. The van der Waals surface area contributed by atoms with Crippen LogP contribution >= 0.6 is 0 Å². The summed E-state index contributed by atoms with van der Waals surface area (Å²) in [7, 11) is -1.64. The van der Waals surface area contributed by atoms with E-state index in [0.717, 1.165) is 18.3 Å². The van der Waals surface area contributed by atoms with E-state index in [1.807, 2.05) is 0 Å². The minimum Gasteiger partial charge on any atom is -0.413 e. The van der Waals surface area contributed by atoms with Gasteiger partial charge in [0.05, 0.1) is 6.10 Å². The standard InChI is InChI=1S/C17H30OSi/c1-7-13-11-14-9-8-10-16(15(14)12-13)18-19(5,6)17(2,3)4/h7-9,13-16H,1,10-12H2,2-6H3/t13-,14+,15-,16+/m0/s1. The number of rotatable bonds is 3. The summed E-state index contributed by atoms with van der Waals surface area (Å²) in [6.45, 7) is 15.7. The molecular weight excluding hydrogens is 248 g/mol. The summed E-state index contributed by atoms with van der Waals surface area (Å²) in [5, 5.41) is 0.306. The van der Waals surface area contributed by atoms with Crippen molar-refractivity contribution < 1.29 is 4.43 Å². The molecule has 108 valence electrons. The number of hydrogen-bond donors (Lipinski definition) is 0. The van der Waals surface area contributed by atoms with E-state index >= 15 is 0 Å². The van der Waals surface area contributed by atoms with E-state index in [-0.39, 0.29) is 0 Å². The minimum atomic E-state index is -1.64. The molecule has 0 spiro atoms. The largest absolute Gasteiger partial charge is 0.413 e. The maximum absolute atomic E-state index is 6.70. The molecule has 0 aliphatic heterocycles.